The summed E-state index contributed by atoms with van der Waals surface area (Å²) in [4.78, 5) is 10.2. The minimum absolute atomic E-state index is 0. The third kappa shape index (κ3) is 2.15. The highest BCUT2D eigenvalue weighted by molar-refractivity contribution is 5.85. The van der Waals surface area contributed by atoms with Gasteiger partial charge in [-0.25, -0.2) is 0 Å². The van der Waals surface area contributed by atoms with Gasteiger partial charge in [-0.1, -0.05) is 6.92 Å². The Kier molecular flexibility index (Phi) is 3.12. The highest BCUT2D eigenvalue weighted by Gasteiger charge is 2.33. The topological polar surface area (TPSA) is 49.3 Å². The van der Waals surface area contributed by atoms with Crippen LogP contribution >= 0.6 is 12.4 Å². The van der Waals surface area contributed by atoms with Crippen LogP contribution < -0.4 is 5.32 Å². The highest BCUT2D eigenvalue weighted by Crippen LogP contribution is 2.25. The van der Waals surface area contributed by atoms with Crippen molar-refractivity contribution >= 4 is 18.4 Å². The molecule has 0 spiro atoms. The molecule has 0 unspecified atom stereocenters. The molecule has 60 valence electrons. The maximum absolute atomic E-state index is 10.2. The van der Waals surface area contributed by atoms with Crippen molar-refractivity contribution in [3.05, 3.63) is 0 Å². The van der Waals surface area contributed by atoms with Crippen molar-refractivity contribution in [3.8, 4) is 0 Å². The van der Waals surface area contributed by atoms with Crippen LogP contribution in [0.4, 0.5) is 0 Å². The number of halogens is 1. The number of aliphatic carboxylic acids is 1. The Morgan fingerprint density at radius 1 is 1.70 bits per heavy atom. The molecular formula is C6H12ClNO2. The van der Waals surface area contributed by atoms with Gasteiger partial charge in [-0.05, 0) is 0 Å². The van der Waals surface area contributed by atoms with Gasteiger partial charge in [0, 0.05) is 18.5 Å². The summed E-state index contributed by atoms with van der Waals surface area (Å²) >= 11 is 0. The van der Waals surface area contributed by atoms with Gasteiger partial charge in [0.25, 0.3) is 0 Å². The summed E-state index contributed by atoms with van der Waals surface area (Å²) in [6.07, 6.45) is 0.292. The van der Waals surface area contributed by atoms with Crippen molar-refractivity contribution in [1.29, 1.82) is 0 Å². The monoisotopic (exact) mass is 165 g/mol. The van der Waals surface area contributed by atoms with Crippen molar-refractivity contribution in [3.63, 3.8) is 0 Å². The first kappa shape index (κ1) is 9.72. The standard InChI is InChI=1S/C6H11NO2.ClH/c1-6(2-5(8)9)3-7-4-6;/h7H,2-4H2,1H3,(H,8,9);1H. The smallest absolute Gasteiger partial charge is 0.303 e. The molecule has 4 heteroatoms. The average molecular weight is 166 g/mol. The number of carboxylic acid groups (broad SMARTS) is 1. The molecule has 1 heterocycles. The largest absolute Gasteiger partial charge is 0.481 e. The Bertz CT molecular complexity index is 134. The fourth-order valence-corrected chi connectivity index (χ4v) is 1.04. The van der Waals surface area contributed by atoms with Crippen molar-refractivity contribution in [2.24, 2.45) is 5.41 Å². The molecule has 1 saturated heterocycles. The zero-order valence-corrected chi connectivity index (χ0v) is 6.70. The van der Waals surface area contributed by atoms with E-state index in [1.165, 1.54) is 0 Å². The van der Waals surface area contributed by atoms with Crippen LogP contribution in [0.1, 0.15) is 13.3 Å². The number of carboxylic acids is 1. The van der Waals surface area contributed by atoms with E-state index in [4.69, 9.17) is 5.11 Å². The van der Waals surface area contributed by atoms with E-state index in [1.54, 1.807) is 0 Å². The van der Waals surface area contributed by atoms with Crippen LogP contribution in [0.2, 0.25) is 0 Å². The van der Waals surface area contributed by atoms with E-state index >= 15 is 0 Å². The average Bonchev–Trinajstić information content (AvgIpc) is 1.60. The molecule has 0 aromatic carbocycles. The first-order valence-corrected chi connectivity index (χ1v) is 3.05. The van der Waals surface area contributed by atoms with E-state index in [1.807, 2.05) is 6.92 Å². The van der Waals surface area contributed by atoms with Gasteiger partial charge in [-0.3, -0.25) is 4.79 Å². The Morgan fingerprint density at radius 3 is 2.30 bits per heavy atom. The third-order valence-corrected chi connectivity index (χ3v) is 1.68. The number of hydrogen-bond acceptors (Lipinski definition) is 2. The molecule has 0 saturated carbocycles. The van der Waals surface area contributed by atoms with Crippen LogP contribution in [0, 0.1) is 5.41 Å². The molecule has 0 radical (unpaired) electrons. The normalized spacial score (nSPS) is 20.5. The maximum Gasteiger partial charge on any atom is 0.303 e. The Morgan fingerprint density at radius 2 is 2.20 bits per heavy atom. The molecule has 0 bridgehead atoms. The summed E-state index contributed by atoms with van der Waals surface area (Å²) in [5.74, 6) is -0.695. The minimum atomic E-state index is -0.695. The SMILES string of the molecule is CC1(CC(=O)O)CNC1.Cl. The van der Waals surface area contributed by atoms with Crippen molar-refractivity contribution < 1.29 is 9.90 Å². The zero-order valence-electron chi connectivity index (χ0n) is 5.89. The predicted octanol–water partition coefficient (Wildman–Crippen LogP) is 0.492. The summed E-state index contributed by atoms with van der Waals surface area (Å²) in [6, 6.07) is 0. The van der Waals surface area contributed by atoms with E-state index in [-0.39, 0.29) is 17.8 Å². The molecule has 0 aromatic heterocycles. The molecular weight excluding hydrogens is 154 g/mol. The summed E-state index contributed by atoms with van der Waals surface area (Å²) in [6.45, 7) is 3.68. The number of hydrogen-bond donors (Lipinski definition) is 2. The Balaban J connectivity index is 0.000000810. The Hall–Kier alpha value is -0.280. The van der Waals surface area contributed by atoms with E-state index in [0.717, 1.165) is 13.1 Å². The van der Waals surface area contributed by atoms with Gasteiger partial charge in [0.15, 0.2) is 0 Å². The van der Waals surface area contributed by atoms with Crippen LogP contribution in [-0.4, -0.2) is 24.2 Å². The quantitative estimate of drug-likeness (QED) is 0.626. The number of carbonyl (C=O) groups is 1. The Labute approximate surface area is 66.2 Å². The third-order valence-electron chi connectivity index (χ3n) is 1.68. The molecule has 1 rings (SSSR count). The lowest BCUT2D eigenvalue weighted by molar-refractivity contribution is -0.140. The predicted molar refractivity (Wildman–Crippen MR) is 40.5 cm³/mol. The first-order valence-electron chi connectivity index (χ1n) is 3.05. The fraction of sp³-hybridized carbons (Fsp3) is 0.833. The second-order valence-electron chi connectivity index (χ2n) is 2.98. The summed E-state index contributed by atoms with van der Waals surface area (Å²) in [5.41, 5.74) is 0.0336. The van der Waals surface area contributed by atoms with Crippen LogP contribution in [0.5, 0.6) is 0 Å². The minimum Gasteiger partial charge on any atom is -0.481 e. The van der Waals surface area contributed by atoms with Crippen LogP contribution in [0.15, 0.2) is 0 Å². The van der Waals surface area contributed by atoms with Gasteiger partial charge in [0.05, 0.1) is 6.42 Å². The van der Waals surface area contributed by atoms with E-state index < -0.39 is 5.97 Å². The molecule has 0 atom stereocenters. The summed E-state index contributed by atoms with van der Waals surface area (Å²) in [7, 11) is 0. The number of nitrogens with one attached hydrogen (secondary N) is 1. The van der Waals surface area contributed by atoms with E-state index in [0.29, 0.717) is 6.42 Å². The van der Waals surface area contributed by atoms with Crippen molar-refractivity contribution in [2.75, 3.05) is 13.1 Å². The molecule has 1 fully saturated rings. The van der Waals surface area contributed by atoms with Crippen LogP contribution in [0.3, 0.4) is 0 Å². The summed E-state index contributed by atoms with van der Waals surface area (Å²) in [5, 5.41) is 11.4. The highest BCUT2D eigenvalue weighted by atomic mass is 35.5. The molecule has 0 amide bonds. The molecule has 1 aliphatic heterocycles. The fourth-order valence-electron chi connectivity index (χ4n) is 1.04. The molecule has 0 aliphatic carbocycles. The van der Waals surface area contributed by atoms with Crippen LogP contribution in [0.25, 0.3) is 0 Å². The lowest BCUT2D eigenvalue weighted by Crippen LogP contribution is -2.52. The molecule has 0 aromatic rings. The van der Waals surface area contributed by atoms with Gasteiger partial charge < -0.3 is 10.4 Å². The number of rotatable bonds is 2. The zero-order chi connectivity index (χ0) is 6.91. The van der Waals surface area contributed by atoms with Gasteiger partial charge in [-0.15, -0.1) is 12.4 Å². The van der Waals surface area contributed by atoms with Crippen molar-refractivity contribution in [2.45, 2.75) is 13.3 Å². The maximum atomic E-state index is 10.2. The van der Waals surface area contributed by atoms with Gasteiger partial charge in [0.1, 0.15) is 0 Å². The second kappa shape index (κ2) is 3.21. The molecule has 1 aliphatic rings. The van der Waals surface area contributed by atoms with Gasteiger partial charge in [0.2, 0.25) is 0 Å². The lowest BCUT2D eigenvalue weighted by Gasteiger charge is -2.37. The molecule has 10 heavy (non-hydrogen) atoms. The molecule has 2 N–H and O–H groups in total. The van der Waals surface area contributed by atoms with Crippen LogP contribution in [-0.2, 0) is 4.79 Å². The van der Waals surface area contributed by atoms with Crippen molar-refractivity contribution in [1.82, 2.24) is 5.32 Å². The lowest BCUT2D eigenvalue weighted by atomic mass is 9.81. The van der Waals surface area contributed by atoms with Gasteiger partial charge in [-0.2, -0.15) is 0 Å². The van der Waals surface area contributed by atoms with E-state index in [9.17, 15) is 4.79 Å². The first-order chi connectivity index (χ1) is 4.12. The second-order valence-corrected chi connectivity index (χ2v) is 2.98. The van der Waals surface area contributed by atoms with E-state index in [2.05, 4.69) is 5.32 Å². The molecule has 3 nitrogen and oxygen atoms in total. The van der Waals surface area contributed by atoms with Gasteiger partial charge >= 0.3 is 5.97 Å². The summed E-state index contributed by atoms with van der Waals surface area (Å²) < 4.78 is 0.